The van der Waals surface area contributed by atoms with Crippen LogP contribution >= 0.6 is 0 Å². The van der Waals surface area contributed by atoms with Crippen molar-refractivity contribution in [2.45, 2.75) is 44.9 Å². The van der Waals surface area contributed by atoms with E-state index in [2.05, 4.69) is 4.90 Å². The van der Waals surface area contributed by atoms with Gasteiger partial charge in [-0.1, -0.05) is 0 Å². The fourth-order valence-corrected chi connectivity index (χ4v) is 2.91. The zero-order chi connectivity index (χ0) is 13.1. The highest BCUT2D eigenvalue weighted by Gasteiger charge is 2.27. The van der Waals surface area contributed by atoms with Crippen molar-refractivity contribution < 1.29 is 9.53 Å². The van der Waals surface area contributed by atoms with Crippen molar-refractivity contribution in [1.29, 1.82) is 0 Å². The first-order chi connectivity index (χ1) is 8.54. The number of hydrogen-bond acceptors (Lipinski definition) is 4. The molecule has 3 atom stereocenters. The average molecular weight is 255 g/mol. The van der Waals surface area contributed by atoms with E-state index in [9.17, 15) is 4.79 Å². The molecule has 0 radical (unpaired) electrons. The largest absolute Gasteiger partial charge is 0.372 e. The minimum absolute atomic E-state index is 0.140. The molecule has 0 spiro atoms. The Balaban J connectivity index is 1.83. The number of nitrogens with zero attached hydrogens (tertiary/aromatic N) is 2. The van der Waals surface area contributed by atoms with E-state index in [1.807, 2.05) is 18.7 Å². The summed E-state index contributed by atoms with van der Waals surface area (Å²) in [6.07, 6.45) is 2.46. The lowest BCUT2D eigenvalue weighted by atomic mass is 10.1. The molecule has 1 amide bonds. The molecule has 2 saturated heterocycles. The van der Waals surface area contributed by atoms with Crippen LogP contribution in [0.3, 0.4) is 0 Å². The molecule has 2 fully saturated rings. The minimum atomic E-state index is 0.140. The zero-order valence-corrected chi connectivity index (χ0v) is 11.5. The van der Waals surface area contributed by atoms with Crippen molar-refractivity contribution in [3.05, 3.63) is 0 Å². The Kier molecular flexibility index (Phi) is 4.59. The summed E-state index contributed by atoms with van der Waals surface area (Å²) >= 11 is 0. The predicted molar refractivity (Wildman–Crippen MR) is 70.2 cm³/mol. The molecule has 2 rings (SSSR count). The quantitative estimate of drug-likeness (QED) is 0.757. The van der Waals surface area contributed by atoms with Gasteiger partial charge in [0.05, 0.1) is 18.8 Å². The maximum absolute atomic E-state index is 12.3. The Morgan fingerprint density at radius 3 is 2.56 bits per heavy atom. The third-order valence-corrected chi connectivity index (χ3v) is 3.67. The number of likely N-dealkylation sites (tertiary alicyclic amines) is 1. The van der Waals surface area contributed by atoms with E-state index in [4.69, 9.17) is 10.5 Å². The first kappa shape index (κ1) is 13.8. The second-order valence-electron chi connectivity index (χ2n) is 5.69. The molecule has 18 heavy (non-hydrogen) atoms. The molecule has 5 heteroatoms. The van der Waals surface area contributed by atoms with E-state index in [1.165, 1.54) is 0 Å². The molecule has 5 nitrogen and oxygen atoms in total. The second-order valence-corrected chi connectivity index (χ2v) is 5.69. The van der Waals surface area contributed by atoms with E-state index in [-0.39, 0.29) is 24.2 Å². The zero-order valence-electron chi connectivity index (χ0n) is 11.5. The highest BCUT2D eigenvalue weighted by Crippen LogP contribution is 2.13. The molecule has 0 aromatic rings. The van der Waals surface area contributed by atoms with Gasteiger partial charge in [0.15, 0.2) is 0 Å². The Labute approximate surface area is 109 Å². The standard InChI is InChI=1S/C13H25N3O2/c1-10-6-16(7-11(2)18-10)13(17)9-15-5-3-4-12(14)8-15/h10-12H,3-9,14H2,1-2H3/t10?,11?,12-/m1/s1. The van der Waals surface area contributed by atoms with Gasteiger partial charge in [-0.3, -0.25) is 9.69 Å². The Hall–Kier alpha value is -0.650. The molecule has 0 aliphatic carbocycles. The fraction of sp³-hybridized carbons (Fsp3) is 0.923. The molecule has 104 valence electrons. The van der Waals surface area contributed by atoms with Crippen LogP contribution in [0.25, 0.3) is 0 Å². The van der Waals surface area contributed by atoms with Crippen LogP contribution in [-0.2, 0) is 9.53 Å². The van der Waals surface area contributed by atoms with Gasteiger partial charge in [-0.25, -0.2) is 0 Å². The van der Waals surface area contributed by atoms with Crippen LogP contribution in [0.2, 0.25) is 0 Å². The average Bonchev–Trinajstić information content (AvgIpc) is 2.27. The number of nitrogens with two attached hydrogens (primary N) is 1. The van der Waals surface area contributed by atoms with E-state index >= 15 is 0 Å². The van der Waals surface area contributed by atoms with Gasteiger partial charge in [-0.15, -0.1) is 0 Å². The third-order valence-electron chi connectivity index (χ3n) is 3.67. The number of hydrogen-bond donors (Lipinski definition) is 1. The summed E-state index contributed by atoms with van der Waals surface area (Å²) in [5.41, 5.74) is 5.94. The molecular formula is C13H25N3O2. The summed E-state index contributed by atoms with van der Waals surface area (Å²) in [4.78, 5) is 16.4. The van der Waals surface area contributed by atoms with Gasteiger partial charge in [0, 0.05) is 25.7 Å². The van der Waals surface area contributed by atoms with Crippen molar-refractivity contribution in [2.24, 2.45) is 5.73 Å². The molecular weight excluding hydrogens is 230 g/mol. The number of morpholine rings is 1. The van der Waals surface area contributed by atoms with Crippen LogP contribution in [0.4, 0.5) is 0 Å². The van der Waals surface area contributed by atoms with Crippen LogP contribution < -0.4 is 5.73 Å². The van der Waals surface area contributed by atoms with Gasteiger partial charge >= 0.3 is 0 Å². The molecule has 0 aromatic carbocycles. The number of ether oxygens (including phenoxy) is 1. The van der Waals surface area contributed by atoms with Gasteiger partial charge in [-0.2, -0.15) is 0 Å². The van der Waals surface area contributed by atoms with E-state index in [1.54, 1.807) is 0 Å². The van der Waals surface area contributed by atoms with Crippen LogP contribution in [0.1, 0.15) is 26.7 Å². The highest BCUT2D eigenvalue weighted by molar-refractivity contribution is 5.78. The maximum Gasteiger partial charge on any atom is 0.236 e. The Morgan fingerprint density at radius 2 is 1.94 bits per heavy atom. The number of carbonyl (C=O) groups excluding carboxylic acids is 1. The monoisotopic (exact) mass is 255 g/mol. The number of amides is 1. The van der Waals surface area contributed by atoms with Crippen molar-refractivity contribution in [3.8, 4) is 0 Å². The van der Waals surface area contributed by atoms with Crippen LogP contribution in [0, 0.1) is 0 Å². The molecule has 2 N–H and O–H groups in total. The van der Waals surface area contributed by atoms with Crippen molar-refractivity contribution in [3.63, 3.8) is 0 Å². The second kappa shape index (κ2) is 5.99. The molecule has 0 bridgehead atoms. The normalized spacial score (nSPS) is 34.6. The highest BCUT2D eigenvalue weighted by atomic mass is 16.5. The van der Waals surface area contributed by atoms with Crippen LogP contribution in [0.15, 0.2) is 0 Å². The molecule has 0 aromatic heterocycles. The van der Waals surface area contributed by atoms with Gasteiger partial charge in [0.25, 0.3) is 0 Å². The van der Waals surface area contributed by atoms with Crippen molar-refractivity contribution >= 4 is 5.91 Å². The summed E-state index contributed by atoms with van der Waals surface area (Å²) in [5.74, 6) is 0.214. The Morgan fingerprint density at radius 1 is 1.28 bits per heavy atom. The lowest BCUT2D eigenvalue weighted by Gasteiger charge is -2.37. The molecule has 2 aliphatic heterocycles. The first-order valence-corrected chi connectivity index (χ1v) is 6.95. The fourth-order valence-electron chi connectivity index (χ4n) is 2.91. The molecule has 0 saturated carbocycles. The molecule has 2 aliphatic rings. The van der Waals surface area contributed by atoms with E-state index < -0.39 is 0 Å². The van der Waals surface area contributed by atoms with Gasteiger partial charge in [0.1, 0.15) is 0 Å². The number of rotatable bonds is 2. The maximum atomic E-state index is 12.3. The van der Waals surface area contributed by atoms with Crippen molar-refractivity contribution in [1.82, 2.24) is 9.80 Å². The SMILES string of the molecule is CC1CN(C(=O)CN2CCC[C@@H](N)C2)CC(C)O1. The molecule has 2 unspecified atom stereocenters. The molecule has 2 heterocycles. The smallest absolute Gasteiger partial charge is 0.236 e. The topological polar surface area (TPSA) is 58.8 Å². The van der Waals surface area contributed by atoms with Crippen LogP contribution in [0.5, 0.6) is 0 Å². The van der Waals surface area contributed by atoms with Crippen LogP contribution in [-0.4, -0.2) is 66.7 Å². The predicted octanol–water partition coefficient (Wildman–Crippen LogP) is 0.0453. The van der Waals surface area contributed by atoms with Gasteiger partial charge in [-0.05, 0) is 33.2 Å². The third kappa shape index (κ3) is 3.67. The number of carbonyl (C=O) groups is 1. The lowest BCUT2D eigenvalue weighted by molar-refractivity contribution is -0.144. The lowest BCUT2D eigenvalue weighted by Crippen LogP contribution is -2.53. The van der Waals surface area contributed by atoms with Crippen molar-refractivity contribution in [2.75, 3.05) is 32.7 Å². The van der Waals surface area contributed by atoms with Gasteiger partial charge in [0.2, 0.25) is 5.91 Å². The summed E-state index contributed by atoms with van der Waals surface area (Å²) in [7, 11) is 0. The Bertz CT molecular complexity index is 288. The summed E-state index contributed by atoms with van der Waals surface area (Å²) in [6, 6.07) is 0.231. The van der Waals surface area contributed by atoms with E-state index in [0.29, 0.717) is 19.6 Å². The summed E-state index contributed by atoms with van der Waals surface area (Å²) < 4.78 is 5.65. The number of piperidine rings is 1. The summed E-state index contributed by atoms with van der Waals surface area (Å²) in [6.45, 7) is 7.81. The van der Waals surface area contributed by atoms with E-state index in [0.717, 1.165) is 25.9 Å². The van der Waals surface area contributed by atoms with Gasteiger partial charge < -0.3 is 15.4 Å². The first-order valence-electron chi connectivity index (χ1n) is 6.95. The minimum Gasteiger partial charge on any atom is -0.372 e. The summed E-state index contributed by atoms with van der Waals surface area (Å²) in [5, 5.41) is 0.